The Balaban J connectivity index is 1.91. The summed E-state index contributed by atoms with van der Waals surface area (Å²) in [6.07, 6.45) is -1.81. The van der Waals surface area contributed by atoms with Gasteiger partial charge >= 0.3 is 6.18 Å². The summed E-state index contributed by atoms with van der Waals surface area (Å²) < 4.78 is 38.5. The smallest absolute Gasteiger partial charge is 0.267 e. The van der Waals surface area contributed by atoms with E-state index in [9.17, 15) is 18.0 Å². The summed E-state index contributed by atoms with van der Waals surface area (Å²) in [6, 6.07) is 11.3. The van der Waals surface area contributed by atoms with Crippen molar-refractivity contribution in [2.24, 2.45) is 5.10 Å². The highest BCUT2D eigenvalue weighted by Gasteiger charge is 2.29. The lowest BCUT2D eigenvalue weighted by atomic mass is 10.1. The molecule has 0 amide bonds. The van der Waals surface area contributed by atoms with Crippen LogP contribution in [0.4, 0.5) is 13.2 Å². The van der Waals surface area contributed by atoms with E-state index < -0.39 is 11.7 Å². The minimum absolute atomic E-state index is 0.348. The second-order valence-corrected chi connectivity index (χ2v) is 4.78. The summed E-state index contributed by atoms with van der Waals surface area (Å²) >= 11 is 0. The van der Waals surface area contributed by atoms with Crippen LogP contribution in [0.1, 0.15) is 11.1 Å². The fourth-order valence-electron chi connectivity index (χ4n) is 2.03. The van der Waals surface area contributed by atoms with Crippen molar-refractivity contribution < 1.29 is 13.2 Å². The second-order valence-electron chi connectivity index (χ2n) is 4.78. The maximum absolute atomic E-state index is 12.5. The van der Waals surface area contributed by atoms with Gasteiger partial charge in [0.15, 0.2) is 0 Å². The van der Waals surface area contributed by atoms with Gasteiger partial charge in [0.1, 0.15) is 6.33 Å². The minimum Gasteiger partial charge on any atom is -0.267 e. The summed E-state index contributed by atoms with van der Waals surface area (Å²) in [5.74, 6) is 0. The van der Waals surface area contributed by atoms with Crippen LogP contribution in [0.2, 0.25) is 0 Å². The molecular formula is C16H10F3N3O. The van der Waals surface area contributed by atoms with Gasteiger partial charge in [-0.1, -0.05) is 24.3 Å². The Labute approximate surface area is 128 Å². The van der Waals surface area contributed by atoms with E-state index in [1.807, 2.05) is 0 Å². The van der Waals surface area contributed by atoms with E-state index in [2.05, 4.69) is 10.1 Å². The zero-order valence-corrected chi connectivity index (χ0v) is 11.7. The largest absolute Gasteiger partial charge is 0.416 e. The molecule has 0 saturated carbocycles. The second kappa shape index (κ2) is 5.68. The number of para-hydroxylation sites is 1. The number of fused-ring (bicyclic) bond motifs is 1. The fourth-order valence-corrected chi connectivity index (χ4v) is 2.03. The number of hydrogen-bond donors (Lipinski definition) is 0. The average molecular weight is 317 g/mol. The standard InChI is InChI=1S/C16H10F3N3O/c17-16(18,19)12-7-5-11(6-8-12)9-21-22-10-20-14-4-2-1-3-13(14)15(22)23/h1-10H/b21-9-. The van der Waals surface area contributed by atoms with Crippen LogP contribution in [0.5, 0.6) is 0 Å². The number of rotatable bonds is 2. The fraction of sp³-hybridized carbons (Fsp3) is 0.0625. The molecule has 2 aromatic carbocycles. The van der Waals surface area contributed by atoms with Crippen LogP contribution < -0.4 is 5.56 Å². The van der Waals surface area contributed by atoms with Gasteiger partial charge in [-0.15, -0.1) is 0 Å². The third kappa shape index (κ3) is 3.13. The third-order valence-electron chi connectivity index (χ3n) is 3.22. The first-order valence-corrected chi connectivity index (χ1v) is 6.63. The molecule has 0 saturated heterocycles. The Morgan fingerprint density at radius 2 is 1.74 bits per heavy atom. The Hall–Kier alpha value is -2.96. The molecule has 1 aromatic heterocycles. The Bertz CT molecular complexity index is 928. The van der Waals surface area contributed by atoms with Crippen molar-refractivity contribution in [1.82, 2.24) is 9.66 Å². The van der Waals surface area contributed by atoms with Gasteiger partial charge in [-0.3, -0.25) is 4.79 Å². The topological polar surface area (TPSA) is 47.2 Å². The molecule has 0 radical (unpaired) electrons. The van der Waals surface area contributed by atoms with Gasteiger partial charge in [0.05, 0.1) is 22.7 Å². The summed E-state index contributed by atoms with van der Waals surface area (Å²) in [7, 11) is 0. The summed E-state index contributed by atoms with van der Waals surface area (Å²) in [5.41, 5.74) is -0.0884. The van der Waals surface area contributed by atoms with E-state index in [0.29, 0.717) is 16.5 Å². The van der Waals surface area contributed by atoms with Crippen LogP contribution in [-0.4, -0.2) is 15.9 Å². The van der Waals surface area contributed by atoms with E-state index in [1.54, 1.807) is 24.3 Å². The van der Waals surface area contributed by atoms with E-state index in [4.69, 9.17) is 0 Å². The number of aromatic nitrogens is 2. The molecule has 0 fully saturated rings. The zero-order valence-electron chi connectivity index (χ0n) is 11.7. The molecule has 23 heavy (non-hydrogen) atoms. The van der Waals surface area contributed by atoms with E-state index in [1.165, 1.54) is 24.7 Å². The van der Waals surface area contributed by atoms with Gasteiger partial charge in [-0.05, 0) is 29.8 Å². The van der Waals surface area contributed by atoms with Crippen LogP contribution in [-0.2, 0) is 6.18 Å². The monoisotopic (exact) mass is 317 g/mol. The predicted molar refractivity (Wildman–Crippen MR) is 80.4 cm³/mol. The molecule has 0 bridgehead atoms. The maximum atomic E-state index is 12.5. The highest BCUT2D eigenvalue weighted by atomic mass is 19.4. The number of hydrogen-bond acceptors (Lipinski definition) is 3. The third-order valence-corrected chi connectivity index (χ3v) is 3.22. The quantitative estimate of drug-likeness (QED) is 0.681. The first-order valence-electron chi connectivity index (χ1n) is 6.63. The lowest BCUT2D eigenvalue weighted by Gasteiger charge is -2.05. The van der Waals surface area contributed by atoms with Crippen LogP contribution in [0.25, 0.3) is 10.9 Å². The van der Waals surface area contributed by atoms with Crippen molar-refractivity contribution in [1.29, 1.82) is 0 Å². The highest BCUT2D eigenvalue weighted by molar-refractivity contribution is 5.80. The summed E-state index contributed by atoms with van der Waals surface area (Å²) in [6.45, 7) is 0. The molecule has 3 rings (SSSR count). The van der Waals surface area contributed by atoms with Gasteiger partial charge in [0.25, 0.3) is 5.56 Å². The first kappa shape index (κ1) is 15.0. The first-order chi connectivity index (χ1) is 10.9. The molecule has 0 spiro atoms. The molecule has 0 aliphatic carbocycles. The van der Waals surface area contributed by atoms with E-state index >= 15 is 0 Å². The predicted octanol–water partition coefficient (Wildman–Crippen LogP) is 3.30. The molecule has 1 heterocycles. The number of nitrogens with zero attached hydrogens (tertiary/aromatic N) is 3. The highest BCUT2D eigenvalue weighted by Crippen LogP contribution is 2.28. The van der Waals surface area contributed by atoms with Crippen molar-refractivity contribution >= 4 is 17.1 Å². The number of halogens is 3. The molecule has 4 nitrogen and oxygen atoms in total. The van der Waals surface area contributed by atoms with Gasteiger partial charge in [-0.25, -0.2) is 4.98 Å². The van der Waals surface area contributed by atoms with Crippen LogP contribution in [0, 0.1) is 0 Å². The SMILES string of the molecule is O=c1c2ccccc2ncn1/N=C\c1ccc(C(F)(F)F)cc1. The molecule has 0 N–H and O–H groups in total. The molecule has 3 aromatic rings. The average Bonchev–Trinajstić information content (AvgIpc) is 2.54. The Kier molecular flexibility index (Phi) is 3.69. The molecular weight excluding hydrogens is 307 g/mol. The van der Waals surface area contributed by atoms with E-state index in [0.717, 1.165) is 16.8 Å². The molecule has 0 atom stereocenters. The molecule has 116 valence electrons. The summed E-state index contributed by atoms with van der Waals surface area (Å²) in [5, 5.41) is 4.37. The van der Waals surface area contributed by atoms with Crippen LogP contribution >= 0.6 is 0 Å². The molecule has 0 aliphatic rings. The van der Waals surface area contributed by atoms with Crippen molar-refractivity contribution in [3.8, 4) is 0 Å². The van der Waals surface area contributed by atoms with Gasteiger partial charge in [0, 0.05) is 0 Å². The molecule has 0 aliphatic heterocycles. The van der Waals surface area contributed by atoms with Crippen molar-refractivity contribution in [3.05, 3.63) is 76.3 Å². The minimum atomic E-state index is -4.38. The van der Waals surface area contributed by atoms with Crippen molar-refractivity contribution in [3.63, 3.8) is 0 Å². The van der Waals surface area contributed by atoms with Crippen molar-refractivity contribution in [2.45, 2.75) is 6.18 Å². The molecule has 0 unspecified atom stereocenters. The normalized spacial score (nSPS) is 12.1. The van der Waals surface area contributed by atoms with Gasteiger partial charge in [0.2, 0.25) is 0 Å². The zero-order chi connectivity index (χ0) is 16.4. The van der Waals surface area contributed by atoms with E-state index in [-0.39, 0.29) is 5.56 Å². The van der Waals surface area contributed by atoms with Gasteiger partial charge in [-0.2, -0.15) is 22.9 Å². The number of alkyl halides is 3. The van der Waals surface area contributed by atoms with Crippen LogP contribution in [0.3, 0.4) is 0 Å². The lowest BCUT2D eigenvalue weighted by molar-refractivity contribution is -0.137. The maximum Gasteiger partial charge on any atom is 0.416 e. The Morgan fingerprint density at radius 3 is 2.43 bits per heavy atom. The van der Waals surface area contributed by atoms with Gasteiger partial charge < -0.3 is 0 Å². The van der Waals surface area contributed by atoms with Crippen LogP contribution in [0.15, 0.2) is 64.8 Å². The summed E-state index contributed by atoms with van der Waals surface area (Å²) in [4.78, 5) is 16.3. The molecule has 7 heteroatoms. The Morgan fingerprint density at radius 1 is 1.04 bits per heavy atom. The van der Waals surface area contributed by atoms with Crippen molar-refractivity contribution in [2.75, 3.05) is 0 Å². The lowest BCUT2D eigenvalue weighted by Crippen LogP contribution is -2.17. The number of benzene rings is 2.